The first-order valence-corrected chi connectivity index (χ1v) is 7.52. The van der Waals surface area contributed by atoms with Gasteiger partial charge in [0.25, 0.3) is 0 Å². The van der Waals surface area contributed by atoms with Crippen LogP contribution in [-0.4, -0.2) is 46.7 Å². The van der Waals surface area contributed by atoms with Crippen molar-refractivity contribution in [2.75, 3.05) is 11.2 Å². The minimum Gasteiger partial charge on any atom is -0.272 e. The van der Waals surface area contributed by atoms with Crippen LogP contribution in [-0.2, 0) is 4.79 Å². The number of carbonyl (C=O) groups excluding carboxylic acids is 1. The number of amides is 1. The summed E-state index contributed by atoms with van der Waals surface area (Å²) in [7, 11) is 0. The SMILES string of the molecule is Cc1ccc(-n2nnnc2SCC(=O)Nn2cn[nH]c2=O)cc1. The van der Waals surface area contributed by atoms with E-state index in [1.807, 2.05) is 31.2 Å². The summed E-state index contributed by atoms with van der Waals surface area (Å²) in [6.45, 7) is 1.99. The molecule has 2 heterocycles. The zero-order valence-corrected chi connectivity index (χ0v) is 12.8. The summed E-state index contributed by atoms with van der Waals surface area (Å²) >= 11 is 1.16. The van der Waals surface area contributed by atoms with E-state index in [4.69, 9.17) is 0 Å². The van der Waals surface area contributed by atoms with Gasteiger partial charge in [0.15, 0.2) is 0 Å². The second-order valence-electron chi connectivity index (χ2n) is 4.56. The molecule has 0 fully saturated rings. The van der Waals surface area contributed by atoms with Gasteiger partial charge < -0.3 is 0 Å². The average molecular weight is 332 g/mol. The van der Waals surface area contributed by atoms with Gasteiger partial charge in [0.1, 0.15) is 6.33 Å². The Morgan fingerprint density at radius 3 is 2.83 bits per heavy atom. The topological polar surface area (TPSA) is 123 Å². The van der Waals surface area contributed by atoms with E-state index >= 15 is 0 Å². The Labute approximate surface area is 133 Å². The minimum atomic E-state index is -0.521. The van der Waals surface area contributed by atoms with Gasteiger partial charge in [0.05, 0.1) is 11.4 Å². The highest BCUT2D eigenvalue weighted by Gasteiger charge is 2.12. The normalized spacial score (nSPS) is 10.7. The smallest absolute Gasteiger partial charge is 0.272 e. The summed E-state index contributed by atoms with van der Waals surface area (Å²) in [6.07, 6.45) is 1.18. The van der Waals surface area contributed by atoms with Crippen molar-refractivity contribution >= 4 is 17.7 Å². The van der Waals surface area contributed by atoms with E-state index < -0.39 is 5.69 Å². The molecular formula is C12H12N8O2S. The summed E-state index contributed by atoms with van der Waals surface area (Å²) in [6, 6.07) is 7.68. The molecule has 0 atom stereocenters. The van der Waals surface area contributed by atoms with Gasteiger partial charge in [-0.3, -0.25) is 10.2 Å². The van der Waals surface area contributed by atoms with Crippen molar-refractivity contribution in [2.24, 2.45) is 0 Å². The Bertz CT molecular complexity index is 866. The number of thioether (sulfide) groups is 1. The number of benzene rings is 1. The summed E-state index contributed by atoms with van der Waals surface area (Å²) in [5.41, 5.74) is 3.80. The van der Waals surface area contributed by atoms with Crippen LogP contribution in [0.5, 0.6) is 0 Å². The number of carbonyl (C=O) groups is 1. The Hall–Kier alpha value is -2.95. The molecular weight excluding hydrogens is 320 g/mol. The molecule has 10 nitrogen and oxygen atoms in total. The van der Waals surface area contributed by atoms with Gasteiger partial charge >= 0.3 is 5.69 Å². The molecule has 118 valence electrons. The van der Waals surface area contributed by atoms with Crippen LogP contribution in [0.1, 0.15) is 5.56 Å². The molecule has 1 aromatic carbocycles. The van der Waals surface area contributed by atoms with E-state index in [0.717, 1.165) is 27.7 Å². The Balaban J connectivity index is 1.66. The lowest BCUT2D eigenvalue weighted by molar-refractivity contribution is -0.114. The van der Waals surface area contributed by atoms with E-state index in [1.54, 1.807) is 4.68 Å². The van der Waals surface area contributed by atoms with E-state index in [1.165, 1.54) is 6.33 Å². The molecule has 0 bridgehead atoms. The van der Waals surface area contributed by atoms with Gasteiger partial charge in [-0.15, -0.1) is 5.10 Å². The molecule has 11 heteroatoms. The van der Waals surface area contributed by atoms with Crippen molar-refractivity contribution < 1.29 is 4.79 Å². The third-order valence-electron chi connectivity index (χ3n) is 2.85. The van der Waals surface area contributed by atoms with Crippen molar-refractivity contribution in [1.82, 2.24) is 35.1 Å². The van der Waals surface area contributed by atoms with Crippen LogP contribution in [0.15, 0.2) is 40.5 Å². The van der Waals surface area contributed by atoms with Crippen LogP contribution >= 0.6 is 11.8 Å². The summed E-state index contributed by atoms with van der Waals surface area (Å²) in [5, 5.41) is 17.6. The molecule has 0 saturated heterocycles. The van der Waals surface area contributed by atoms with Crippen LogP contribution < -0.4 is 11.1 Å². The van der Waals surface area contributed by atoms with Crippen LogP contribution in [0.4, 0.5) is 0 Å². The fraction of sp³-hybridized carbons (Fsp3) is 0.167. The minimum absolute atomic E-state index is 0.0455. The first-order chi connectivity index (χ1) is 11.1. The maximum Gasteiger partial charge on any atom is 0.362 e. The number of hydrogen-bond donors (Lipinski definition) is 2. The first-order valence-electron chi connectivity index (χ1n) is 6.53. The summed E-state index contributed by atoms with van der Waals surface area (Å²) in [4.78, 5) is 23.1. The number of aryl methyl sites for hydroxylation is 1. The molecule has 1 amide bonds. The average Bonchev–Trinajstić information content (AvgIpc) is 3.16. The lowest BCUT2D eigenvalue weighted by Crippen LogP contribution is -2.31. The second-order valence-corrected chi connectivity index (χ2v) is 5.51. The standard InChI is InChI=1S/C12H12N8O2S/c1-8-2-4-9(5-3-8)20-12(15-17-18-20)23-6-10(21)16-19-7-13-14-11(19)22/h2-5,7H,6H2,1H3,(H,14,22)(H,16,21). The molecule has 0 aliphatic carbocycles. The van der Waals surface area contributed by atoms with Gasteiger partial charge in [-0.25, -0.2) is 9.89 Å². The molecule has 23 heavy (non-hydrogen) atoms. The van der Waals surface area contributed by atoms with Gasteiger partial charge in [0.2, 0.25) is 11.1 Å². The van der Waals surface area contributed by atoms with Crippen LogP contribution in [0.3, 0.4) is 0 Å². The fourth-order valence-corrected chi connectivity index (χ4v) is 2.42. The third kappa shape index (κ3) is 3.45. The van der Waals surface area contributed by atoms with Crippen LogP contribution in [0.25, 0.3) is 5.69 Å². The predicted octanol–water partition coefficient (Wildman–Crippen LogP) is -0.282. The third-order valence-corrected chi connectivity index (χ3v) is 3.77. The van der Waals surface area contributed by atoms with Crippen molar-refractivity contribution in [3.8, 4) is 5.69 Å². The second kappa shape index (κ2) is 6.44. The maximum absolute atomic E-state index is 11.8. The van der Waals surface area contributed by atoms with Crippen molar-refractivity contribution in [1.29, 1.82) is 0 Å². The first kappa shape index (κ1) is 15.0. The number of nitrogens with zero attached hydrogens (tertiary/aromatic N) is 6. The number of aromatic nitrogens is 7. The van der Waals surface area contributed by atoms with Gasteiger partial charge in [-0.05, 0) is 29.5 Å². The van der Waals surface area contributed by atoms with Crippen molar-refractivity contribution in [3.05, 3.63) is 46.6 Å². The summed E-state index contributed by atoms with van der Waals surface area (Å²) in [5.74, 6) is -0.332. The number of aromatic amines is 1. The Morgan fingerprint density at radius 2 is 2.13 bits per heavy atom. The lowest BCUT2D eigenvalue weighted by Gasteiger charge is -2.05. The number of rotatable bonds is 5. The quantitative estimate of drug-likeness (QED) is 0.616. The van der Waals surface area contributed by atoms with Gasteiger partial charge in [-0.2, -0.15) is 14.5 Å². The van der Waals surface area contributed by atoms with E-state index in [9.17, 15) is 9.59 Å². The Kier molecular flexibility index (Phi) is 4.19. The van der Waals surface area contributed by atoms with Crippen LogP contribution in [0.2, 0.25) is 0 Å². The highest BCUT2D eigenvalue weighted by molar-refractivity contribution is 7.99. The maximum atomic E-state index is 11.8. The number of tetrazole rings is 1. The van der Waals surface area contributed by atoms with E-state index in [0.29, 0.717) is 5.16 Å². The van der Waals surface area contributed by atoms with Gasteiger partial charge in [0, 0.05) is 0 Å². The highest BCUT2D eigenvalue weighted by Crippen LogP contribution is 2.18. The van der Waals surface area contributed by atoms with Gasteiger partial charge in [-0.1, -0.05) is 29.5 Å². The highest BCUT2D eigenvalue weighted by atomic mass is 32.2. The molecule has 3 rings (SSSR count). The largest absolute Gasteiger partial charge is 0.362 e. The molecule has 3 aromatic rings. The Morgan fingerprint density at radius 1 is 1.35 bits per heavy atom. The molecule has 2 N–H and O–H groups in total. The number of H-pyrrole nitrogens is 1. The molecule has 0 saturated carbocycles. The molecule has 0 radical (unpaired) electrons. The molecule has 0 aliphatic heterocycles. The molecule has 0 spiro atoms. The fourth-order valence-electron chi connectivity index (χ4n) is 1.74. The predicted molar refractivity (Wildman–Crippen MR) is 81.8 cm³/mol. The zero-order valence-electron chi connectivity index (χ0n) is 12.0. The molecule has 0 aliphatic rings. The van der Waals surface area contributed by atoms with Crippen molar-refractivity contribution in [3.63, 3.8) is 0 Å². The summed E-state index contributed by atoms with van der Waals surface area (Å²) < 4.78 is 2.51. The monoisotopic (exact) mass is 332 g/mol. The van der Waals surface area contributed by atoms with Crippen molar-refractivity contribution in [2.45, 2.75) is 12.1 Å². The number of hydrogen-bond acceptors (Lipinski definition) is 7. The lowest BCUT2D eigenvalue weighted by atomic mass is 10.2. The van der Waals surface area contributed by atoms with Crippen LogP contribution in [0, 0.1) is 6.92 Å². The zero-order chi connectivity index (χ0) is 16.2. The van der Waals surface area contributed by atoms with E-state index in [-0.39, 0.29) is 11.7 Å². The van der Waals surface area contributed by atoms with E-state index in [2.05, 4.69) is 31.1 Å². The molecule has 2 aromatic heterocycles. The number of nitrogens with one attached hydrogen (secondary N) is 2. The molecule has 0 unspecified atom stereocenters.